The van der Waals surface area contributed by atoms with Crippen LogP contribution in [0.2, 0.25) is 4.47 Å². The second-order valence-corrected chi connectivity index (χ2v) is 4.90. The molecule has 1 aliphatic rings. The summed E-state index contributed by atoms with van der Waals surface area (Å²) in [7, 11) is 0. The van der Waals surface area contributed by atoms with Gasteiger partial charge in [0.05, 0.1) is 12.6 Å². The Hall–Kier alpha value is -0.720. The maximum absolute atomic E-state index is 11.9. The fourth-order valence-corrected chi connectivity index (χ4v) is 2.49. The van der Waals surface area contributed by atoms with Crippen LogP contribution >= 0.6 is 22.9 Å². The number of aromatic nitrogens is 2. The number of halogens is 1. The minimum Gasteiger partial charge on any atom is -0.394 e. The summed E-state index contributed by atoms with van der Waals surface area (Å²) in [5.74, 6) is -0.184. The molecule has 1 aromatic heterocycles. The Morgan fingerprint density at radius 2 is 2.47 bits per heavy atom. The number of hydrogen-bond acceptors (Lipinski definition) is 5. The summed E-state index contributed by atoms with van der Waals surface area (Å²) in [6, 6.07) is -0.0832. The van der Waals surface area contributed by atoms with Gasteiger partial charge in [0.1, 0.15) is 0 Å². The fourth-order valence-electron chi connectivity index (χ4n) is 1.71. The van der Waals surface area contributed by atoms with Crippen molar-refractivity contribution in [1.82, 2.24) is 15.1 Å². The highest BCUT2D eigenvalue weighted by atomic mass is 35.5. The van der Waals surface area contributed by atoms with Crippen LogP contribution in [0.3, 0.4) is 0 Å². The molecule has 2 rings (SSSR count). The van der Waals surface area contributed by atoms with E-state index in [2.05, 4.69) is 10.2 Å². The molecule has 0 saturated carbocycles. The third-order valence-corrected chi connectivity index (χ3v) is 3.44. The van der Waals surface area contributed by atoms with Crippen LogP contribution in [-0.2, 0) is 0 Å². The highest BCUT2D eigenvalue weighted by molar-refractivity contribution is 7.17. The topological polar surface area (TPSA) is 66.3 Å². The van der Waals surface area contributed by atoms with E-state index in [9.17, 15) is 4.79 Å². The third-order valence-electron chi connectivity index (χ3n) is 2.43. The summed E-state index contributed by atoms with van der Waals surface area (Å²) < 4.78 is 0.262. The third kappa shape index (κ3) is 2.11. The zero-order chi connectivity index (χ0) is 10.8. The minimum atomic E-state index is -0.184. The second-order valence-electron chi connectivity index (χ2n) is 3.34. The first kappa shape index (κ1) is 10.8. The first-order valence-electron chi connectivity index (χ1n) is 4.63. The molecule has 1 N–H and O–H groups in total. The highest BCUT2D eigenvalue weighted by Gasteiger charge is 2.30. The lowest BCUT2D eigenvalue weighted by molar-refractivity contribution is 0.0676. The van der Waals surface area contributed by atoms with E-state index in [1.807, 2.05) is 0 Å². The Morgan fingerprint density at radius 1 is 1.67 bits per heavy atom. The summed E-state index contributed by atoms with van der Waals surface area (Å²) in [5, 5.41) is 16.7. The zero-order valence-electron chi connectivity index (χ0n) is 7.89. The summed E-state index contributed by atoms with van der Waals surface area (Å²) in [6.45, 7) is 0.666. The quantitative estimate of drug-likeness (QED) is 0.839. The molecule has 5 nitrogen and oxygen atoms in total. The van der Waals surface area contributed by atoms with Gasteiger partial charge in [-0.25, -0.2) is 0 Å². The van der Waals surface area contributed by atoms with Crippen molar-refractivity contribution in [2.75, 3.05) is 13.2 Å². The monoisotopic (exact) mass is 247 g/mol. The van der Waals surface area contributed by atoms with Gasteiger partial charge in [-0.15, -0.1) is 10.2 Å². The van der Waals surface area contributed by atoms with Crippen molar-refractivity contribution < 1.29 is 9.90 Å². The molecule has 82 valence electrons. The summed E-state index contributed by atoms with van der Waals surface area (Å²) in [4.78, 5) is 13.5. The summed E-state index contributed by atoms with van der Waals surface area (Å²) >= 11 is 6.67. The van der Waals surface area contributed by atoms with Crippen molar-refractivity contribution in [2.24, 2.45) is 0 Å². The lowest BCUT2D eigenvalue weighted by atomic mass is 10.2. The van der Waals surface area contributed by atoms with Gasteiger partial charge in [-0.3, -0.25) is 4.79 Å². The van der Waals surface area contributed by atoms with Gasteiger partial charge >= 0.3 is 0 Å². The van der Waals surface area contributed by atoms with Crippen LogP contribution in [-0.4, -0.2) is 45.3 Å². The van der Waals surface area contributed by atoms with Crippen LogP contribution in [0.1, 0.15) is 22.6 Å². The van der Waals surface area contributed by atoms with Crippen molar-refractivity contribution in [1.29, 1.82) is 0 Å². The van der Waals surface area contributed by atoms with Crippen LogP contribution < -0.4 is 0 Å². The van der Waals surface area contributed by atoms with Gasteiger partial charge in [-0.2, -0.15) is 0 Å². The standard InChI is InChI=1S/C8H10ClN3O2S/c9-8-11-10-6(15-8)7(14)12-3-1-2-5(12)4-13/h5,13H,1-4H2/t5-/m1/s1. The molecular formula is C8H10ClN3O2S. The Labute approximate surface area is 95.7 Å². The van der Waals surface area contributed by atoms with Gasteiger partial charge in [0.15, 0.2) is 0 Å². The van der Waals surface area contributed by atoms with Gasteiger partial charge < -0.3 is 10.0 Å². The van der Waals surface area contributed by atoms with Gasteiger partial charge in [0.25, 0.3) is 5.91 Å². The summed E-state index contributed by atoms with van der Waals surface area (Å²) in [5.41, 5.74) is 0. The Morgan fingerprint density at radius 3 is 3.07 bits per heavy atom. The van der Waals surface area contributed by atoms with Crippen molar-refractivity contribution in [3.05, 3.63) is 9.47 Å². The molecule has 1 atom stereocenters. The molecule has 0 unspecified atom stereocenters. The van der Waals surface area contributed by atoms with Crippen LogP contribution in [0.4, 0.5) is 0 Å². The molecule has 1 saturated heterocycles. The Kier molecular flexibility index (Phi) is 3.18. The molecule has 1 aromatic rings. The van der Waals surface area contributed by atoms with Gasteiger partial charge in [-0.1, -0.05) is 11.3 Å². The Bertz CT molecular complexity index is 371. The lowest BCUT2D eigenvalue weighted by Crippen LogP contribution is -2.37. The van der Waals surface area contributed by atoms with E-state index in [0.717, 1.165) is 24.2 Å². The maximum atomic E-state index is 11.9. The molecule has 15 heavy (non-hydrogen) atoms. The molecule has 7 heteroatoms. The maximum Gasteiger partial charge on any atom is 0.285 e. The number of rotatable bonds is 2. The average Bonchev–Trinajstić information content (AvgIpc) is 2.84. The normalized spacial score (nSPS) is 20.9. The molecule has 0 aliphatic carbocycles. The molecule has 0 radical (unpaired) electrons. The predicted octanol–water partition coefficient (Wildman–Crippen LogP) is 0.788. The molecule has 0 spiro atoms. The first-order valence-corrected chi connectivity index (χ1v) is 5.82. The highest BCUT2D eigenvalue weighted by Crippen LogP contribution is 2.22. The average molecular weight is 248 g/mol. The molecule has 1 aliphatic heterocycles. The van der Waals surface area contributed by atoms with Crippen molar-refractivity contribution >= 4 is 28.8 Å². The van der Waals surface area contributed by atoms with E-state index in [0.29, 0.717) is 11.6 Å². The molecular weight excluding hydrogens is 238 g/mol. The van der Waals surface area contributed by atoms with Gasteiger partial charge in [0, 0.05) is 6.54 Å². The number of likely N-dealkylation sites (tertiary alicyclic amines) is 1. The molecule has 0 bridgehead atoms. The number of hydrogen-bond donors (Lipinski definition) is 1. The van der Waals surface area contributed by atoms with Crippen molar-refractivity contribution in [3.63, 3.8) is 0 Å². The number of aliphatic hydroxyl groups excluding tert-OH is 1. The molecule has 1 amide bonds. The summed E-state index contributed by atoms with van der Waals surface area (Å²) in [6.07, 6.45) is 1.76. The minimum absolute atomic E-state index is 0.00171. The Balaban J connectivity index is 2.13. The molecule has 0 aromatic carbocycles. The van der Waals surface area contributed by atoms with Crippen LogP contribution in [0.5, 0.6) is 0 Å². The predicted molar refractivity (Wildman–Crippen MR) is 56.1 cm³/mol. The van der Waals surface area contributed by atoms with Crippen molar-refractivity contribution in [3.8, 4) is 0 Å². The molecule has 2 heterocycles. The molecule has 1 fully saturated rings. The smallest absolute Gasteiger partial charge is 0.285 e. The number of nitrogens with zero attached hydrogens (tertiary/aromatic N) is 3. The van der Waals surface area contributed by atoms with E-state index < -0.39 is 0 Å². The second kappa shape index (κ2) is 4.42. The van der Waals surface area contributed by atoms with Crippen LogP contribution in [0.15, 0.2) is 0 Å². The first-order chi connectivity index (χ1) is 7.22. The number of amides is 1. The fraction of sp³-hybridized carbons (Fsp3) is 0.625. The van der Waals surface area contributed by atoms with Gasteiger partial charge in [0.2, 0.25) is 9.47 Å². The van der Waals surface area contributed by atoms with E-state index in [1.54, 1.807) is 4.90 Å². The van der Waals surface area contributed by atoms with Crippen molar-refractivity contribution in [2.45, 2.75) is 18.9 Å². The van der Waals surface area contributed by atoms with E-state index in [-0.39, 0.29) is 23.0 Å². The zero-order valence-corrected chi connectivity index (χ0v) is 9.46. The van der Waals surface area contributed by atoms with Crippen LogP contribution in [0.25, 0.3) is 0 Å². The number of carbonyl (C=O) groups excluding carboxylic acids is 1. The number of carbonyl (C=O) groups is 1. The van der Waals surface area contributed by atoms with E-state index in [4.69, 9.17) is 16.7 Å². The number of aliphatic hydroxyl groups is 1. The van der Waals surface area contributed by atoms with E-state index >= 15 is 0 Å². The largest absolute Gasteiger partial charge is 0.394 e. The van der Waals surface area contributed by atoms with Crippen LogP contribution in [0, 0.1) is 0 Å². The lowest BCUT2D eigenvalue weighted by Gasteiger charge is -2.21. The SMILES string of the molecule is O=C(c1nnc(Cl)s1)N1CCC[C@@H]1CO. The van der Waals surface area contributed by atoms with E-state index in [1.165, 1.54) is 0 Å². The van der Waals surface area contributed by atoms with Gasteiger partial charge in [-0.05, 0) is 24.4 Å².